The summed E-state index contributed by atoms with van der Waals surface area (Å²) in [5.74, 6) is 6.43. The van der Waals surface area contributed by atoms with Crippen LogP contribution in [0.3, 0.4) is 0 Å². The molecule has 4 heteroatoms. The molecule has 21 heavy (non-hydrogen) atoms. The standard InChI is InChI=1S/C17H19IN2O/c1-2-3-4-7-13-9-10-15-14(12-13)17(18)19-20(15)16-8-5-6-11-21-16/h9-10,12,16H,2-3,5-6,8,11H2,1H3. The predicted molar refractivity (Wildman–Crippen MR) is 93.1 cm³/mol. The van der Waals surface area contributed by atoms with E-state index < -0.39 is 0 Å². The average molecular weight is 394 g/mol. The fraction of sp³-hybridized carbons (Fsp3) is 0.471. The van der Waals surface area contributed by atoms with Crippen LogP contribution in [0.5, 0.6) is 0 Å². The summed E-state index contributed by atoms with van der Waals surface area (Å²) in [7, 11) is 0. The maximum Gasteiger partial charge on any atom is 0.150 e. The van der Waals surface area contributed by atoms with Crippen molar-refractivity contribution >= 4 is 33.5 Å². The van der Waals surface area contributed by atoms with Crippen LogP contribution in [-0.4, -0.2) is 16.4 Å². The summed E-state index contributed by atoms with van der Waals surface area (Å²) < 4.78 is 8.93. The largest absolute Gasteiger partial charge is 0.356 e. The van der Waals surface area contributed by atoms with Crippen molar-refractivity contribution in [1.29, 1.82) is 0 Å². The third kappa shape index (κ3) is 3.24. The quantitative estimate of drug-likeness (QED) is 0.555. The number of unbranched alkanes of at least 4 members (excludes halogenated alkanes) is 1. The molecular formula is C17H19IN2O. The maximum atomic E-state index is 5.86. The average Bonchev–Trinajstić information content (AvgIpc) is 2.85. The lowest BCUT2D eigenvalue weighted by Crippen LogP contribution is -2.19. The minimum absolute atomic E-state index is 0.0850. The SMILES string of the molecule is CCCC#Cc1ccc2c(c1)c(I)nn2C1CCCCO1. The molecule has 0 radical (unpaired) electrons. The Morgan fingerprint density at radius 1 is 1.43 bits per heavy atom. The molecule has 110 valence electrons. The second kappa shape index (κ2) is 6.80. The van der Waals surface area contributed by atoms with Crippen LogP contribution < -0.4 is 0 Å². The van der Waals surface area contributed by atoms with E-state index in [0.717, 1.165) is 47.1 Å². The predicted octanol–water partition coefficient (Wildman–Crippen LogP) is 4.49. The lowest BCUT2D eigenvalue weighted by atomic mass is 10.1. The van der Waals surface area contributed by atoms with Crippen molar-refractivity contribution in [3.05, 3.63) is 27.5 Å². The highest BCUT2D eigenvalue weighted by Crippen LogP contribution is 2.29. The van der Waals surface area contributed by atoms with Gasteiger partial charge in [-0.05, 0) is 66.5 Å². The number of nitrogens with zero attached hydrogens (tertiary/aromatic N) is 2. The molecule has 3 rings (SSSR count). The highest BCUT2D eigenvalue weighted by atomic mass is 127. The van der Waals surface area contributed by atoms with Gasteiger partial charge in [0.15, 0.2) is 6.23 Å². The van der Waals surface area contributed by atoms with Crippen molar-refractivity contribution in [1.82, 2.24) is 9.78 Å². The van der Waals surface area contributed by atoms with Crippen LogP contribution >= 0.6 is 22.6 Å². The molecule has 2 aromatic rings. The Balaban J connectivity index is 1.96. The summed E-state index contributed by atoms with van der Waals surface area (Å²) in [6, 6.07) is 6.35. The third-order valence-electron chi connectivity index (χ3n) is 3.70. The van der Waals surface area contributed by atoms with E-state index in [4.69, 9.17) is 4.74 Å². The van der Waals surface area contributed by atoms with E-state index in [-0.39, 0.29) is 6.23 Å². The Kier molecular flexibility index (Phi) is 4.81. The van der Waals surface area contributed by atoms with Crippen molar-refractivity contribution in [2.45, 2.75) is 45.3 Å². The minimum Gasteiger partial charge on any atom is -0.356 e. The van der Waals surface area contributed by atoms with Crippen LogP contribution in [0, 0.1) is 15.5 Å². The molecule has 1 unspecified atom stereocenters. The molecule has 0 saturated carbocycles. The number of hydrogen-bond donors (Lipinski definition) is 0. The van der Waals surface area contributed by atoms with Crippen molar-refractivity contribution in [2.24, 2.45) is 0 Å². The van der Waals surface area contributed by atoms with Crippen molar-refractivity contribution in [3.63, 3.8) is 0 Å². The molecule has 1 atom stereocenters. The molecule has 1 aliphatic rings. The molecule has 1 saturated heterocycles. The topological polar surface area (TPSA) is 27.1 Å². The van der Waals surface area contributed by atoms with Gasteiger partial charge in [-0.25, -0.2) is 4.68 Å². The molecule has 1 fully saturated rings. The van der Waals surface area contributed by atoms with E-state index in [9.17, 15) is 0 Å². The van der Waals surface area contributed by atoms with Gasteiger partial charge in [0.05, 0.1) is 5.52 Å². The van der Waals surface area contributed by atoms with Crippen molar-refractivity contribution < 1.29 is 4.74 Å². The Morgan fingerprint density at radius 2 is 2.33 bits per heavy atom. The lowest BCUT2D eigenvalue weighted by molar-refractivity contribution is -0.0368. The van der Waals surface area contributed by atoms with Crippen molar-refractivity contribution in [2.75, 3.05) is 6.61 Å². The number of benzene rings is 1. The van der Waals surface area contributed by atoms with E-state index in [1.165, 1.54) is 11.8 Å². The van der Waals surface area contributed by atoms with Gasteiger partial charge in [0.1, 0.15) is 3.70 Å². The molecule has 3 nitrogen and oxygen atoms in total. The smallest absolute Gasteiger partial charge is 0.150 e. The van der Waals surface area contributed by atoms with Crippen LogP contribution in [0.25, 0.3) is 10.9 Å². The number of hydrogen-bond acceptors (Lipinski definition) is 2. The van der Waals surface area contributed by atoms with Gasteiger partial charge < -0.3 is 4.74 Å². The summed E-state index contributed by atoms with van der Waals surface area (Å²) in [4.78, 5) is 0. The van der Waals surface area contributed by atoms with Gasteiger partial charge >= 0.3 is 0 Å². The normalized spacial score (nSPS) is 18.5. The van der Waals surface area contributed by atoms with Gasteiger partial charge in [0.2, 0.25) is 0 Å². The first-order valence-corrected chi connectivity index (χ1v) is 8.65. The first-order valence-electron chi connectivity index (χ1n) is 7.58. The van der Waals surface area contributed by atoms with Crippen molar-refractivity contribution in [3.8, 4) is 11.8 Å². The molecule has 0 bridgehead atoms. The Hall–Kier alpha value is -1.06. The van der Waals surface area contributed by atoms with Crippen LogP contribution in [0.2, 0.25) is 0 Å². The Labute approximate surface area is 139 Å². The van der Waals surface area contributed by atoms with Crippen LogP contribution in [0.4, 0.5) is 0 Å². The molecular weight excluding hydrogens is 375 g/mol. The second-order valence-corrected chi connectivity index (χ2v) is 6.36. The molecule has 1 aliphatic heterocycles. The highest BCUT2D eigenvalue weighted by molar-refractivity contribution is 14.1. The Bertz CT molecular complexity index is 690. The molecule has 0 amide bonds. The molecule has 1 aromatic carbocycles. The minimum atomic E-state index is 0.0850. The van der Waals surface area contributed by atoms with Crippen LogP contribution in [0.1, 0.15) is 50.8 Å². The third-order valence-corrected chi connectivity index (χ3v) is 4.49. The zero-order valence-electron chi connectivity index (χ0n) is 12.2. The molecule has 0 aliphatic carbocycles. The van der Waals surface area contributed by atoms with Gasteiger partial charge in [0.25, 0.3) is 0 Å². The summed E-state index contributed by atoms with van der Waals surface area (Å²) in [5, 5.41) is 5.86. The van der Waals surface area contributed by atoms with Gasteiger partial charge in [0, 0.05) is 24.0 Å². The van der Waals surface area contributed by atoms with Crippen LogP contribution in [-0.2, 0) is 4.74 Å². The molecule has 0 spiro atoms. The zero-order chi connectivity index (χ0) is 14.7. The maximum absolute atomic E-state index is 5.86. The lowest BCUT2D eigenvalue weighted by Gasteiger charge is -2.23. The van der Waals surface area contributed by atoms with E-state index in [0.29, 0.717) is 0 Å². The second-order valence-electron chi connectivity index (χ2n) is 5.34. The molecule has 1 aromatic heterocycles. The van der Waals surface area contributed by atoms with E-state index in [1.54, 1.807) is 0 Å². The summed E-state index contributed by atoms with van der Waals surface area (Å²) in [6.07, 6.45) is 5.55. The fourth-order valence-corrected chi connectivity index (χ4v) is 3.27. The van der Waals surface area contributed by atoms with Gasteiger partial charge in [-0.2, -0.15) is 5.10 Å². The number of rotatable bonds is 2. The highest BCUT2D eigenvalue weighted by Gasteiger charge is 2.20. The van der Waals surface area contributed by atoms with Gasteiger partial charge in [-0.1, -0.05) is 18.8 Å². The number of fused-ring (bicyclic) bond motifs is 1. The zero-order valence-corrected chi connectivity index (χ0v) is 14.4. The van der Waals surface area contributed by atoms with E-state index >= 15 is 0 Å². The summed E-state index contributed by atoms with van der Waals surface area (Å²) in [6.45, 7) is 2.98. The number of aromatic nitrogens is 2. The van der Waals surface area contributed by atoms with E-state index in [2.05, 4.69) is 64.7 Å². The monoisotopic (exact) mass is 394 g/mol. The molecule has 0 N–H and O–H groups in total. The van der Waals surface area contributed by atoms with Gasteiger partial charge in [-0.3, -0.25) is 0 Å². The summed E-state index contributed by atoms with van der Waals surface area (Å²) >= 11 is 2.30. The fourth-order valence-electron chi connectivity index (χ4n) is 2.61. The molecule has 2 heterocycles. The Morgan fingerprint density at radius 3 is 3.10 bits per heavy atom. The first kappa shape index (κ1) is 14.9. The van der Waals surface area contributed by atoms with Gasteiger partial charge in [-0.15, -0.1) is 0 Å². The summed E-state index contributed by atoms with van der Waals surface area (Å²) in [5.41, 5.74) is 2.21. The van der Waals surface area contributed by atoms with E-state index in [1.807, 2.05) is 4.68 Å². The number of ether oxygens (including phenoxy) is 1. The first-order chi connectivity index (χ1) is 10.3. The van der Waals surface area contributed by atoms with Crippen LogP contribution in [0.15, 0.2) is 18.2 Å². The number of halogens is 1.